The number of ether oxygens (including phenoxy) is 3. The standard InChI is InChI=1S/C22H39O4PSi.BrH/c1-6-9-14-27(15-10-7-2,16-11-8-3)21-17-19(23)12-13-20(21)26-18-28-22(24-4)25-5;/h12-13,17,22H,6-11,14-16,18H2,1-5H3;1H. The molecular weight excluding hydrogens is 467 g/mol. The van der Waals surface area contributed by atoms with Crippen LogP contribution < -0.4 is 27.0 Å². The van der Waals surface area contributed by atoms with Gasteiger partial charge in [0.1, 0.15) is 17.0 Å². The van der Waals surface area contributed by atoms with Crippen molar-refractivity contribution in [2.45, 2.75) is 65.2 Å². The topological polar surface area (TPSA) is 47.9 Å². The fourth-order valence-corrected chi connectivity index (χ4v) is 9.41. The Hall–Kier alpha value is -0.133. The number of unbranched alkanes of at least 4 members (excludes halogenated alkanes) is 3. The molecule has 1 rings (SSSR count). The molecule has 0 unspecified atom stereocenters. The van der Waals surface area contributed by atoms with Gasteiger partial charge in [0.05, 0.1) is 32.0 Å². The molecule has 168 valence electrons. The van der Waals surface area contributed by atoms with Crippen LogP contribution in [0.15, 0.2) is 18.2 Å². The summed E-state index contributed by atoms with van der Waals surface area (Å²) in [7, 11) is 2.34. The Bertz CT molecular complexity index is 522. The summed E-state index contributed by atoms with van der Waals surface area (Å²) in [5.41, 5.74) is 0. The summed E-state index contributed by atoms with van der Waals surface area (Å²) >= 11 is 0. The quantitative estimate of drug-likeness (QED) is 0.212. The van der Waals surface area contributed by atoms with Gasteiger partial charge in [0, 0.05) is 20.3 Å². The van der Waals surface area contributed by atoms with Gasteiger partial charge in [0.2, 0.25) is 0 Å². The first-order chi connectivity index (χ1) is 13.6. The molecule has 0 bridgehead atoms. The van der Waals surface area contributed by atoms with Crippen LogP contribution in [0.5, 0.6) is 11.5 Å². The molecule has 0 saturated heterocycles. The van der Waals surface area contributed by atoms with Crippen LogP contribution in [0.3, 0.4) is 0 Å². The first-order valence-electron chi connectivity index (χ1n) is 10.7. The van der Waals surface area contributed by atoms with Crippen LogP contribution in [0.25, 0.3) is 0 Å². The lowest BCUT2D eigenvalue weighted by Crippen LogP contribution is -3.00. The summed E-state index contributed by atoms with van der Waals surface area (Å²) < 4.78 is 16.8. The molecule has 0 saturated carbocycles. The molecule has 0 aliphatic rings. The number of halogens is 1. The highest BCUT2D eigenvalue weighted by Gasteiger charge is 2.41. The SMILES string of the molecule is CCCC[P+](CCCC)(CCCC)c1cc(O)ccc1OC[Si]C(OC)OC.[Br-]. The van der Waals surface area contributed by atoms with Crippen LogP contribution in [0.4, 0.5) is 0 Å². The van der Waals surface area contributed by atoms with Crippen molar-refractivity contribution in [3.05, 3.63) is 18.2 Å². The smallest absolute Gasteiger partial charge is 0.166 e. The van der Waals surface area contributed by atoms with E-state index in [0.29, 0.717) is 21.5 Å². The Balaban J connectivity index is 0.00000784. The van der Waals surface area contributed by atoms with Gasteiger partial charge in [-0.1, -0.05) is 40.0 Å². The summed E-state index contributed by atoms with van der Waals surface area (Å²) in [4.78, 5) is 0. The molecule has 2 radical (unpaired) electrons. The molecule has 0 atom stereocenters. The van der Waals surface area contributed by atoms with E-state index in [2.05, 4.69) is 20.8 Å². The van der Waals surface area contributed by atoms with Gasteiger partial charge < -0.3 is 36.3 Å². The lowest BCUT2D eigenvalue weighted by molar-refractivity contribution is -0.0451. The molecular formula is C22H40BrO4PSi. The highest BCUT2D eigenvalue weighted by Crippen LogP contribution is 2.61. The molecule has 0 aromatic heterocycles. The normalized spacial score (nSPS) is 11.5. The average molecular weight is 508 g/mol. The minimum absolute atomic E-state index is 0. The van der Waals surface area contributed by atoms with Crippen molar-refractivity contribution in [3.8, 4) is 11.5 Å². The van der Waals surface area contributed by atoms with E-state index < -0.39 is 7.26 Å². The lowest BCUT2D eigenvalue weighted by atomic mass is 10.3. The summed E-state index contributed by atoms with van der Waals surface area (Å²) in [6, 6.07) is 5.71. The van der Waals surface area contributed by atoms with Crippen LogP contribution in [0, 0.1) is 0 Å². The van der Waals surface area contributed by atoms with Crippen LogP contribution >= 0.6 is 7.26 Å². The Morgan fingerprint density at radius 3 is 1.90 bits per heavy atom. The number of hydrogen-bond donors (Lipinski definition) is 1. The minimum atomic E-state index is -1.38. The van der Waals surface area contributed by atoms with Crippen molar-refractivity contribution in [1.82, 2.24) is 0 Å². The van der Waals surface area contributed by atoms with E-state index in [1.165, 1.54) is 62.3 Å². The highest BCUT2D eigenvalue weighted by atomic mass is 79.9. The van der Waals surface area contributed by atoms with E-state index in [1.807, 2.05) is 12.1 Å². The molecule has 1 aromatic rings. The first-order valence-corrected chi connectivity index (χ1v) is 14.3. The van der Waals surface area contributed by atoms with E-state index in [-0.39, 0.29) is 22.9 Å². The number of methoxy groups -OCH3 is 2. The highest BCUT2D eigenvalue weighted by molar-refractivity contribution is 7.83. The molecule has 29 heavy (non-hydrogen) atoms. The van der Waals surface area contributed by atoms with Crippen molar-refractivity contribution in [2.75, 3.05) is 38.9 Å². The summed E-state index contributed by atoms with van der Waals surface area (Å²) in [6.07, 6.45) is 11.7. The van der Waals surface area contributed by atoms with E-state index >= 15 is 0 Å². The largest absolute Gasteiger partial charge is 1.00 e. The average Bonchev–Trinajstić information content (AvgIpc) is 2.72. The van der Waals surface area contributed by atoms with Gasteiger partial charge in [-0.25, -0.2) is 0 Å². The zero-order chi connectivity index (χ0) is 20.8. The van der Waals surface area contributed by atoms with Gasteiger partial charge in [-0.2, -0.15) is 0 Å². The number of hydrogen-bond acceptors (Lipinski definition) is 4. The third kappa shape index (κ3) is 9.69. The predicted molar refractivity (Wildman–Crippen MR) is 123 cm³/mol. The molecule has 0 heterocycles. The monoisotopic (exact) mass is 506 g/mol. The Kier molecular flexibility index (Phi) is 16.5. The number of benzene rings is 1. The molecule has 0 fully saturated rings. The molecule has 1 N–H and O–H groups in total. The van der Waals surface area contributed by atoms with Crippen molar-refractivity contribution < 1.29 is 36.3 Å². The van der Waals surface area contributed by atoms with E-state index in [4.69, 9.17) is 14.2 Å². The van der Waals surface area contributed by atoms with Gasteiger partial charge in [-0.05, 0) is 31.4 Å². The van der Waals surface area contributed by atoms with Gasteiger partial charge in [-0.3, -0.25) is 0 Å². The molecule has 1 aromatic carbocycles. The van der Waals surface area contributed by atoms with Crippen LogP contribution in [0.1, 0.15) is 59.3 Å². The lowest BCUT2D eigenvalue weighted by Gasteiger charge is -2.29. The Morgan fingerprint density at radius 2 is 1.45 bits per heavy atom. The Labute approximate surface area is 192 Å². The van der Waals surface area contributed by atoms with E-state index in [0.717, 1.165) is 5.75 Å². The predicted octanol–water partition coefficient (Wildman–Crippen LogP) is 2.06. The Morgan fingerprint density at radius 1 is 0.931 bits per heavy atom. The van der Waals surface area contributed by atoms with E-state index in [1.54, 1.807) is 20.3 Å². The van der Waals surface area contributed by atoms with Crippen molar-refractivity contribution in [3.63, 3.8) is 0 Å². The fraction of sp³-hybridized carbons (Fsp3) is 0.727. The molecule has 0 amide bonds. The number of phenols is 1. The van der Waals surface area contributed by atoms with Gasteiger partial charge in [-0.15, -0.1) is 0 Å². The maximum atomic E-state index is 10.3. The maximum absolute atomic E-state index is 10.3. The zero-order valence-corrected chi connectivity index (χ0v) is 22.4. The molecule has 0 spiro atoms. The molecule has 0 aliphatic carbocycles. The number of phenolic OH excluding ortho intramolecular Hbond substituents is 1. The van der Waals surface area contributed by atoms with Crippen LogP contribution in [-0.4, -0.2) is 59.5 Å². The van der Waals surface area contributed by atoms with Gasteiger partial charge in [0.25, 0.3) is 0 Å². The molecule has 4 nitrogen and oxygen atoms in total. The minimum Gasteiger partial charge on any atom is -1.00 e. The number of rotatable bonds is 16. The zero-order valence-electron chi connectivity index (χ0n) is 18.9. The van der Waals surface area contributed by atoms with Gasteiger partial charge in [0.15, 0.2) is 15.3 Å². The van der Waals surface area contributed by atoms with Gasteiger partial charge >= 0.3 is 0 Å². The van der Waals surface area contributed by atoms with Crippen LogP contribution in [-0.2, 0) is 9.47 Å². The van der Waals surface area contributed by atoms with Crippen LogP contribution in [0.2, 0.25) is 0 Å². The third-order valence-corrected chi connectivity index (χ3v) is 11.2. The molecule has 0 aliphatic heterocycles. The first kappa shape index (κ1) is 28.9. The van der Waals surface area contributed by atoms with E-state index in [9.17, 15) is 5.11 Å². The summed E-state index contributed by atoms with van der Waals surface area (Å²) in [5.74, 6) is 1.08. The second-order valence-electron chi connectivity index (χ2n) is 7.32. The van der Waals surface area contributed by atoms with Crippen molar-refractivity contribution >= 4 is 22.1 Å². The second-order valence-corrected chi connectivity index (χ2v) is 12.6. The fourth-order valence-electron chi connectivity index (χ4n) is 3.53. The number of aromatic hydroxyl groups is 1. The van der Waals surface area contributed by atoms with Crippen molar-refractivity contribution in [2.24, 2.45) is 0 Å². The summed E-state index contributed by atoms with van der Waals surface area (Å²) in [6.45, 7) is 6.81. The second kappa shape index (κ2) is 16.5. The third-order valence-electron chi connectivity index (χ3n) is 5.18. The molecule has 7 heteroatoms. The van der Waals surface area contributed by atoms with Crippen molar-refractivity contribution in [1.29, 1.82) is 0 Å². The maximum Gasteiger partial charge on any atom is 0.166 e. The summed E-state index contributed by atoms with van der Waals surface area (Å²) in [5, 5.41) is 11.6.